The predicted octanol–water partition coefficient (Wildman–Crippen LogP) is 3.62. The number of carboxylic acids is 1. The second-order valence-electron chi connectivity index (χ2n) is 6.16. The number of aliphatic carboxylic acids is 1. The summed E-state index contributed by atoms with van der Waals surface area (Å²) in [5.74, 6) is 0.167. The second-order valence-corrected chi connectivity index (χ2v) is 6.16. The van der Waals surface area contributed by atoms with Gasteiger partial charge in [0.1, 0.15) is 0 Å². The summed E-state index contributed by atoms with van der Waals surface area (Å²) >= 11 is 0. The molecule has 1 aliphatic carbocycles. The van der Waals surface area contributed by atoms with E-state index in [1.165, 1.54) is 12.8 Å². The summed E-state index contributed by atoms with van der Waals surface area (Å²) in [6, 6.07) is 0. The Hall–Kier alpha value is -0.570. The lowest BCUT2D eigenvalue weighted by Crippen LogP contribution is -2.38. The Morgan fingerprint density at radius 1 is 1.33 bits per heavy atom. The van der Waals surface area contributed by atoms with Crippen LogP contribution in [0.15, 0.2) is 0 Å². The van der Waals surface area contributed by atoms with Gasteiger partial charge in [-0.05, 0) is 50.9 Å². The number of carbonyl (C=O) groups is 1. The van der Waals surface area contributed by atoms with Crippen LogP contribution in [0.1, 0.15) is 64.7 Å². The lowest BCUT2D eigenvalue weighted by Gasteiger charge is -2.38. The van der Waals surface area contributed by atoms with E-state index in [4.69, 9.17) is 4.74 Å². The van der Waals surface area contributed by atoms with Crippen molar-refractivity contribution in [2.45, 2.75) is 70.8 Å². The zero-order valence-corrected chi connectivity index (χ0v) is 11.5. The van der Waals surface area contributed by atoms with Crippen molar-refractivity contribution in [3.8, 4) is 0 Å². The Bertz CT molecular complexity index is 273. The second kappa shape index (κ2) is 6.05. The number of carboxylic acid groups (broad SMARTS) is 1. The van der Waals surface area contributed by atoms with Crippen LogP contribution in [0.25, 0.3) is 0 Å². The summed E-state index contributed by atoms with van der Waals surface area (Å²) in [5.41, 5.74) is -0.487. The quantitative estimate of drug-likeness (QED) is 0.815. The van der Waals surface area contributed by atoms with Crippen molar-refractivity contribution in [1.82, 2.24) is 0 Å². The first-order valence-corrected chi connectivity index (χ1v) is 7.51. The zero-order chi connectivity index (χ0) is 13.0. The highest BCUT2D eigenvalue weighted by Gasteiger charge is 2.43. The normalized spacial score (nSPS) is 36.7. The van der Waals surface area contributed by atoms with E-state index in [0.717, 1.165) is 57.5 Å². The molecule has 18 heavy (non-hydrogen) atoms. The van der Waals surface area contributed by atoms with Gasteiger partial charge in [0.2, 0.25) is 0 Å². The van der Waals surface area contributed by atoms with Gasteiger partial charge in [0.15, 0.2) is 0 Å². The minimum Gasteiger partial charge on any atom is -0.481 e. The molecule has 0 aromatic carbocycles. The van der Waals surface area contributed by atoms with E-state index in [-0.39, 0.29) is 6.10 Å². The first kappa shape index (κ1) is 13.9. The molecule has 1 heterocycles. The predicted molar refractivity (Wildman–Crippen MR) is 70.5 cm³/mol. The highest BCUT2D eigenvalue weighted by atomic mass is 16.5. The van der Waals surface area contributed by atoms with Crippen LogP contribution < -0.4 is 0 Å². The maximum absolute atomic E-state index is 11.7. The van der Waals surface area contributed by atoms with Gasteiger partial charge in [-0.25, -0.2) is 0 Å². The van der Waals surface area contributed by atoms with Gasteiger partial charge in [-0.2, -0.15) is 0 Å². The van der Waals surface area contributed by atoms with E-state index < -0.39 is 11.4 Å². The smallest absolute Gasteiger partial charge is 0.309 e. The van der Waals surface area contributed by atoms with Crippen molar-refractivity contribution in [1.29, 1.82) is 0 Å². The van der Waals surface area contributed by atoms with Crippen LogP contribution in [-0.4, -0.2) is 23.8 Å². The molecule has 2 aliphatic rings. The third-order valence-electron chi connectivity index (χ3n) is 4.86. The lowest BCUT2D eigenvalue weighted by molar-refractivity contribution is -0.154. The van der Waals surface area contributed by atoms with Crippen LogP contribution in [0.4, 0.5) is 0 Å². The van der Waals surface area contributed by atoms with Crippen molar-refractivity contribution in [2.24, 2.45) is 11.3 Å². The van der Waals surface area contributed by atoms with E-state index in [0.29, 0.717) is 0 Å². The van der Waals surface area contributed by atoms with Crippen LogP contribution >= 0.6 is 0 Å². The van der Waals surface area contributed by atoms with Gasteiger partial charge in [0, 0.05) is 6.61 Å². The molecule has 0 amide bonds. The molecule has 1 saturated carbocycles. The lowest BCUT2D eigenvalue weighted by atomic mass is 9.67. The van der Waals surface area contributed by atoms with Crippen LogP contribution in [0.3, 0.4) is 0 Å². The van der Waals surface area contributed by atoms with Crippen LogP contribution in [0.5, 0.6) is 0 Å². The Balaban J connectivity index is 1.94. The number of hydrogen-bond donors (Lipinski definition) is 1. The maximum Gasteiger partial charge on any atom is 0.309 e. The summed E-state index contributed by atoms with van der Waals surface area (Å²) < 4.78 is 5.64. The van der Waals surface area contributed by atoms with E-state index >= 15 is 0 Å². The number of hydrogen-bond acceptors (Lipinski definition) is 2. The molecule has 2 fully saturated rings. The maximum atomic E-state index is 11.7. The molecule has 0 bridgehead atoms. The Labute approximate surface area is 110 Å². The average Bonchev–Trinajstić information content (AvgIpc) is 2.84. The molecule has 104 valence electrons. The molecular formula is C15H26O3. The molecule has 1 unspecified atom stereocenters. The van der Waals surface area contributed by atoms with Crippen LogP contribution in [0, 0.1) is 11.3 Å². The Kier molecular flexibility index (Phi) is 4.66. The van der Waals surface area contributed by atoms with E-state index in [1.807, 2.05) is 0 Å². The Morgan fingerprint density at radius 3 is 2.56 bits per heavy atom. The Morgan fingerprint density at radius 2 is 2.06 bits per heavy atom. The molecule has 3 nitrogen and oxygen atoms in total. The molecule has 1 atom stereocenters. The van der Waals surface area contributed by atoms with Gasteiger partial charge in [0.25, 0.3) is 0 Å². The topological polar surface area (TPSA) is 46.5 Å². The summed E-state index contributed by atoms with van der Waals surface area (Å²) in [4.78, 5) is 11.7. The van der Waals surface area contributed by atoms with Gasteiger partial charge < -0.3 is 9.84 Å². The number of ether oxygens (including phenoxy) is 1. The fourth-order valence-corrected chi connectivity index (χ4v) is 3.67. The van der Waals surface area contributed by atoms with Gasteiger partial charge >= 0.3 is 5.97 Å². The number of rotatable bonds is 5. The summed E-state index contributed by atoms with van der Waals surface area (Å²) in [6.07, 6.45) is 9.45. The molecular weight excluding hydrogens is 228 g/mol. The fourth-order valence-electron chi connectivity index (χ4n) is 3.67. The average molecular weight is 254 g/mol. The monoisotopic (exact) mass is 254 g/mol. The minimum absolute atomic E-state index is 0.198. The molecule has 0 aromatic rings. The molecule has 3 heteroatoms. The van der Waals surface area contributed by atoms with Crippen molar-refractivity contribution >= 4 is 5.97 Å². The van der Waals surface area contributed by atoms with E-state index in [2.05, 4.69) is 6.92 Å². The molecule has 1 N–H and O–H groups in total. The van der Waals surface area contributed by atoms with Gasteiger partial charge in [-0.3, -0.25) is 4.79 Å². The van der Waals surface area contributed by atoms with E-state index in [1.54, 1.807) is 0 Å². The summed E-state index contributed by atoms with van der Waals surface area (Å²) in [6.45, 7) is 3.03. The standard InChI is InChI=1S/C15H26O3/c1-2-4-12-6-8-15(9-7-12,14(16)17)11-13-5-3-10-18-13/h12-13H,2-11H2,1H3,(H,16,17). The molecule has 1 aliphatic heterocycles. The summed E-state index contributed by atoms with van der Waals surface area (Å²) in [5, 5.41) is 9.61. The third-order valence-corrected chi connectivity index (χ3v) is 4.86. The SMILES string of the molecule is CCCC1CCC(CC2CCCO2)(C(=O)O)CC1. The van der Waals surface area contributed by atoms with Crippen molar-refractivity contribution in [3.63, 3.8) is 0 Å². The largest absolute Gasteiger partial charge is 0.481 e. The van der Waals surface area contributed by atoms with Crippen LogP contribution in [0.2, 0.25) is 0 Å². The molecule has 0 radical (unpaired) electrons. The van der Waals surface area contributed by atoms with Gasteiger partial charge in [-0.15, -0.1) is 0 Å². The highest BCUT2D eigenvalue weighted by Crippen LogP contribution is 2.45. The fraction of sp³-hybridized carbons (Fsp3) is 0.933. The molecule has 2 rings (SSSR count). The van der Waals surface area contributed by atoms with Crippen LogP contribution in [-0.2, 0) is 9.53 Å². The van der Waals surface area contributed by atoms with Gasteiger partial charge in [0.05, 0.1) is 11.5 Å². The highest BCUT2D eigenvalue weighted by molar-refractivity contribution is 5.74. The van der Waals surface area contributed by atoms with Crippen molar-refractivity contribution < 1.29 is 14.6 Å². The molecule has 0 spiro atoms. The first-order valence-electron chi connectivity index (χ1n) is 7.51. The minimum atomic E-state index is -0.590. The summed E-state index contributed by atoms with van der Waals surface area (Å²) in [7, 11) is 0. The first-order chi connectivity index (χ1) is 8.66. The zero-order valence-electron chi connectivity index (χ0n) is 11.5. The van der Waals surface area contributed by atoms with E-state index in [9.17, 15) is 9.90 Å². The van der Waals surface area contributed by atoms with Crippen molar-refractivity contribution in [3.05, 3.63) is 0 Å². The third kappa shape index (κ3) is 3.05. The molecule has 0 aromatic heterocycles. The van der Waals surface area contributed by atoms with Crippen molar-refractivity contribution in [2.75, 3.05) is 6.61 Å². The van der Waals surface area contributed by atoms with Gasteiger partial charge in [-0.1, -0.05) is 19.8 Å². The molecule has 1 saturated heterocycles.